The lowest BCUT2D eigenvalue weighted by Gasteiger charge is -2.10. The Labute approximate surface area is 123 Å². The van der Waals surface area contributed by atoms with Crippen LogP contribution < -0.4 is 4.72 Å². The zero-order chi connectivity index (χ0) is 14.9. The number of hydrogen-bond donors (Lipinski definition) is 2. The number of fused-ring (bicyclic) bond motifs is 1. The van der Waals surface area contributed by atoms with Gasteiger partial charge in [-0.25, -0.2) is 8.42 Å². The monoisotopic (exact) mass is 300 g/mol. The van der Waals surface area contributed by atoms with Crippen LogP contribution in [0.25, 0.3) is 10.9 Å². The lowest BCUT2D eigenvalue weighted by Crippen LogP contribution is -2.15. The van der Waals surface area contributed by atoms with Crippen LogP contribution in [-0.2, 0) is 15.8 Å². The van der Waals surface area contributed by atoms with Crippen molar-refractivity contribution in [3.05, 3.63) is 65.9 Å². The molecule has 108 valence electrons. The second-order valence-corrected chi connectivity index (χ2v) is 6.79. The first-order valence-electron chi connectivity index (χ1n) is 6.66. The Kier molecular flexibility index (Phi) is 3.43. The highest BCUT2D eigenvalue weighted by atomic mass is 32.2. The molecule has 0 saturated heterocycles. The van der Waals surface area contributed by atoms with Gasteiger partial charge in [-0.1, -0.05) is 30.3 Å². The maximum atomic E-state index is 12.3. The van der Waals surface area contributed by atoms with Crippen molar-refractivity contribution in [1.29, 1.82) is 0 Å². The van der Waals surface area contributed by atoms with Crippen molar-refractivity contribution in [2.75, 3.05) is 4.72 Å². The Morgan fingerprint density at radius 1 is 1.10 bits per heavy atom. The molecule has 0 aliphatic carbocycles. The van der Waals surface area contributed by atoms with Crippen molar-refractivity contribution in [3.8, 4) is 0 Å². The Morgan fingerprint density at radius 2 is 1.90 bits per heavy atom. The molecule has 2 N–H and O–H groups in total. The molecule has 0 atom stereocenters. The molecule has 0 aliphatic rings. The molecule has 0 bridgehead atoms. The number of sulfonamides is 1. The number of benzene rings is 2. The summed E-state index contributed by atoms with van der Waals surface area (Å²) in [5.41, 5.74) is 3.26. The number of aromatic nitrogens is 1. The Bertz CT molecular complexity index is 882. The maximum absolute atomic E-state index is 12.3. The van der Waals surface area contributed by atoms with E-state index >= 15 is 0 Å². The first-order valence-corrected chi connectivity index (χ1v) is 8.31. The minimum atomic E-state index is -3.43. The van der Waals surface area contributed by atoms with E-state index in [9.17, 15) is 8.42 Å². The molecule has 3 aromatic rings. The molecule has 1 aromatic heterocycles. The molecule has 2 aromatic carbocycles. The van der Waals surface area contributed by atoms with Gasteiger partial charge in [-0.15, -0.1) is 0 Å². The fourth-order valence-corrected chi connectivity index (χ4v) is 3.60. The zero-order valence-corrected chi connectivity index (χ0v) is 12.4. The van der Waals surface area contributed by atoms with Gasteiger partial charge in [-0.3, -0.25) is 4.72 Å². The summed E-state index contributed by atoms with van der Waals surface area (Å²) in [7, 11) is -3.43. The Hall–Kier alpha value is -2.27. The number of anilines is 1. The van der Waals surface area contributed by atoms with Crippen LogP contribution in [0.2, 0.25) is 0 Å². The predicted molar refractivity (Wildman–Crippen MR) is 85.7 cm³/mol. The van der Waals surface area contributed by atoms with Gasteiger partial charge in [0.05, 0.1) is 11.4 Å². The van der Waals surface area contributed by atoms with Gasteiger partial charge in [-0.05, 0) is 41.6 Å². The van der Waals surface area contributed by atoms with Gasteiger partial charge in [-0.2, -0.15) is 0 Å². The SMILES string of the molecule is Cc1ccccc1CS(=O)(=O)Nc1ccc2cc[nH]c2c1. The summed E-state index contributed by atoms with van der Waals surface area (Å²) in [6, 6.07) is 14.9. The van der Waals surface area contributed by atoms with Crippen LogP contribution in [-0.4, -0.2) is 13.4 Å². The molecule has 0 radical (unpaired) electrons. The van der Waals surface area contributed by atoms with Crippen LogP contribution >= 0.6 is 0 Å². The topological polar surface area (TPSA) is 62.0 Å². The number of rotatable bonds is 4. The van der Waals surface area contributed by atoms with Gasteiger partial charge in [0, 0.05) is 11.7 Å². The van der Waals surface area contributed by atoms with E-state index in [1.165, 1.54) is 0 Å². The fraction of sp³-hybridized carbons (Fsp3) is 0.125. The van der Waals surface area contributed by atoms with Gasteiger partial charge in [0.15, 0.2) is 0 Å². The number of nitrogens with one attached hydrogen (secondary N) is 2. The molecule has 0 amide bonds. The third kappa shape index (κ3) is 3.08. The van der Waals surface area contributed by atoms with E-state index in [2.05, 4.69) is 9.71 Å². The van der Waals surface area contributed by atoms with Gasteiger partial charge >= 0.3 is 0 Å². The molecule has 21 heavy (non-hydrogen) atoms. The molecule has 0 fully saturated rings. The third-order valence-corrected chi connectivity index (χ3v) is 4.67. The number of H-pyrrole nitrogens is 1. The van der Waals surface area contributed by atoms with Crippen LogP contribution in [0.5, 0.6) is 0 Å². The Morgan fingerprint density at radius 3 is 2.71 bits per heavy atom. The van der Waals surface area contributed by atoms with Crippen LogP contribution in [0.4, 0.5) is 5.69 Å². The van der Waals surface area contributed by atoms with E-state index in [0.717, 1.165) is 22.0 Å². The first-order chi connectivity index (χ1) is 10.0. The van der Waals surface area contributed by atoms with Crippen molar-refractivity contribution in [2.45, 2.75) is 12.7 Å². The van der Waals surface area contributed by atoms with Crippen molar-refractivity contribution < 1.29 is 8.42 Å². The predicted octanol–water partition coefficient (Wildman–Crippen LogP) is 3.42. The first kappa shape index (κ1) is 13.7. The van der Waals surface area contributed by atoms with Crippen LogP contribution in [0.3, 0.4) is 0 Å². The average Bonchev–Trinajstić information content (AvgIpc) is 2.88. The smallest absolute Gasteiger partial charge is 0.236 e. The molecule has 4 nitrogen and oxygen atoms in total. The van der Waals surface area contributed by atoms with Gasteiger partial charge in [0.25, 0.3) is 0 Å². The summed E-state index contributed by atoms with van der Waals surface area (Å²) < 4.78 is 27.2. The van der Waals surface area contributed by atoms with E-state index in [-0.39, 0.29) is 5.75 Å². The van der Waals surface area contributed by atoms with Crippen LogP contribution in [0, 0.1) is 6.92 Å². The van der Waals surface area contributed by atoms with Crippen molar-refractivity contribution in [2.24, 2.45) is 0 Å². The largest absolute Gasteiger partial charge is 0.361 e. The fourth-order valence-electron chi connectivity index (χ4n) is 2.30. The lowest BCUT2D eigenvalue weighted by atomic mass is 10.1. The molecular formula is C16H16N2O2S. The van der Waals surface area contributed by atoms with Gasteiger partial charge in [0.2, 0.25) is 10.0 Å². The summed E-state index contributed by atoms with van der Waals surface area (Å²) in [4.78, 5) is 3.07. The second kappa shape index (κ2) is 5.26. The zero-order valence-electron chi connectivity index (χ0n) is 11.6. The highest BCUT2D eigenvalue weighted by Crippen LogP contribution is 2.20. The molecule has 5 heteroatoms. The van der Waals surface area contributed by atoms with E-state index < -0.39 is 10.0 Å². The van der Waals surface area contributed by atoms with Crippen molar-refractivity contribution in [1.82, 2.24) is 4.98 Å². The molecule has 0 aliphatic heterocycles. The molecule has 3 rings (SSSR count). The summed E-state index contributed by atoms with van der Waals surface area (Å²) in [6.07, 6.45) is 1.83. The quantitative estimate of drug-likeness (QED) is 0.775. The summed E-state index contributed by atoms with van der Waals surface area (Å²) >= 11 is 0. The Balaban J connectivity index is 1.84. The van der Waals surface area contributed by atoms with Crippen LogP contribution in [0.15, 0.2) is 54.7 Å². The lowest BCUT2D eigenvalue weighted by molar-refractivity contribution is 0.600. The van der Waals surface area contributed by atoms with Gasteiger partial charge < -0.3 is 4.98 Å². The number of aryl methyl sites for hydroxylation is 1. The summed E-state index contributed by atoms with van der Waals surface area (Å²) in [5.74, 6) is -0.0254. The third-order valence-electron chi connectivity index (χ3n) is 3.44. The average molecular weight is 300 g/mol. The van der Waals surface area contributed by atoms with E-state index in [1.807, 2.05) is 49.5 Å². The second-order valence-electron chi connectivity index (χ2n) is 5.07. The molecule has 0 spiro atoms. The van der Waals surface area contributed by atoms with Crippen molar-refractivity contribution in [3.63, 3.8) is 0 Å². The number of hydrogen-bond acceptors (Lipinski definition) is 2. The molecule has 1 heterocycles. The molecular weight excluding hydrogens is 284 g/mol. The number of aromatic amines is 1. The summed E-state index contributed by atoms with van der Waals surface area (Å²) in [6.45, 7) is 1.91. The minimum absolute atomic E-state index is 0.0254. The minimum Gasteiger partial charge on any atom is -0.361 e. The maximum Gasteiger partial charge on any atom is 0.236 e. The highest BCUT2D eigenvalue weighted by Gasteiger charge is 2.13. The highest BCUT2D eigenvalue weighted by molar-refractivity contribution is 7.91. The standard InChI is InChI=1S/C16H16N2O2S/c1-12-4-2-3-5-14(12)11-21(19,20)18-15-7-6-13-8-9-17-16(13)10-15/h2-10,17-18H,11H2,1H3. The van der Waals surface area contributed by atoms with Gasteiger partial charge in [0.1, 0.15) is 0 Å². The molecule has 0 unspecified atom stereocenters. The van der Waals surface area contributed by atoms with Crippen LogP contribution in [0.1, 0.15) is 11.1 Å². The normalized spacial score (nSPS) is 11.7. The van der Waals surface area contributed by atoms with E-state index in [4.69, 9.17) is 0 Å². The van der Waals surface area contributed by atoms with Crippen molar-refractivity contribution >= 4 is 26.6 Å². The molecule has 0 saturated carbocycles. The van der Waals surface area contributed by atoms with E-state index in [1.54, 1.807) is 12.1 Å². The summed E-state index contributed by atoms with van der Waals surface area (Å²) in [5, 5.41) is 1.05. The van der Waals surface area contributed by atoms with E-state index in [0.29, 0.717) is 5.69 Å².